The lowest BCUT2D eigenvalue weighted by molar-refractivity contribution is -0.143. The number of fused-ring (bicyclic) bond motifs is 1. The summed E-state index contributed by atoms with van der Waals surface area (Å²) in [7, 11) is 0. The zero-order valence-corrected chi connectivity index (χ0v) is 11.7. The van der Waals surface area contributed by atoms with Gasteiger partial charge in [-0.2, -0.15) is 0 Å². The highest BCUT2D eigenvalue weighted by Crippen LogP contribution is 2.42. The molecule has 2 aliphatic rings. The lowest BCUT2D eigenvalue weighted by atomic mass is 9.67. The number of carbonyl (C=O) groups is 2. The van der Waals surface area contributed by atoms with Crippen LogP contribution in [0, 0.1) is 17.8 Å². The van der Waals surface area contributed by atoms with E-state index in [4.69, 9.17) is 5.11 Å². The van der Waals surface area contributed by atoms with Gasteiger partial charge in [0.2, 0.25) is 5.91 Å². The van der Waals surface area contributed by atoms with Gasteiger partial charge in [0.25, 0.3) is 0 Å². The number of carboxylic acids is 1. The highest BCUT2D eigenvalue weighted by molar-refractivity contribution is 5.84. The number of hydrogen-bond donors (Lipinski definition) is 2. The quantitative estimate of drug-likeness (QED) is 0.822. The van der Waals surface area contributed by atoms with E-state index < -0.39 is 12.0 Å². The molecule has 4 atom stereocenters. The Morgan fingerprint density at radius 2 is 1.84 bits per heavy atom. The zero-order valence-electron chi connectivity index (χ0n) is 11.7. The summed E-state index contributed by atoms with van der Waals surface area (Å²) in [6.07, 6.45) is 8.70. The second-order valence-electron chi connectivity index (χ2n) is 6.12. The van der Waals surface area contributed by atoms with Crippen LogP contribution in [0.2, 0.25) is 0 Å². The number of amides is 1. The molecule has 3 unspecified atom stereocenters. The number of carboxylic acid groups (broad SMARTS) is 1. The fourth-order valence-corrected chi connectivity index (χ4v) is 3.74. The molecule has 1 amide bonds. The van der Waals surface area contributed by atoms with Crippen molar-refractivity contribution in [2.75, 3.05) is 0 Å². The van der Waals surface area contributed by atoms with Crippen molar-refractivity contribution in [1.29, 1.82) is 0 Å². The number of aliphatic carboxylic acids is 1. The Balaban J connectivity index is 1.88. The van der Waals surface area contributed by atoms with Gasteiger partial charge in [0.1, 0.15) is 6.04 Å². The van der Waals surface area contributed by atoms with Gasteiger partial charge in [0.15, 0.2) is 0 Å². The van der Waals surface area contributed by atoms with Crippen molar-refractivity contribution in [3.63, 3.8) is 0 Å². The summed E-state index contributed by atoms with van der Waals surface area (Å²) in [6.45, 7) is 1.79. The van der Waals surface area contributed by atoms with Crippen molar-refractivity contribution >= 4 is 11.9 Å². The van der Waals surface area contributed by atoms with E-state index in [1.165, 1.54) is 25.7 Å². The van der Waals surface area contributed by atoms with E-state index >= 15 is 0 Å². The van der Waals surface area contributed by atoms with Crippen LogP contribution in [0.4, 0.5) is 0 Å². The molecule has 4 nitrogen and oxygen atoms in total. The maximum absolute atomic E-state index is 12.2. The van der Waals surface area contributed by atoms with E-state index in [9.17, 15) is 9.59 Å². The van der Waals surface area contributed by atoms with Crippen molar-refractivity contribution in [3.05, 3.63) is 0 Å². The summed E-state index contributed by atoms with van der Waals surface area (Å²) in [4.78, 5) is 23.1. The zero-order chi connectivity index (χ0) is 13.8. The Morgan fingerprint density at radius 3 is 2.47 bits per heavy atom. The molecular formula is C15H25NO3. The van der Waals surface area contributed by atoms with Gasteiger partial charge in [-0.15, -0.1) is 0 Å². The van der Waals surface area contributed by atoms with Crippen LogP contribution in [-0.2, 0) is 9.59 Å². The van der Waals surface area contributed by atoms with Gasteiger partial charge in [0.05, 0.1) is 0 Å². The van der Waals surface area contributed by atoms with Crippen LogP contribution in [0.15, 0.2) is 0 Å². The lowest BCUT2D eigenvalue weighted by Gasteiger charge is -2.38. The maximum Gasteiger partial charge on any atom is 0.326 e. The second-order valence-corrected chi connectivity index (χ2v) is 6.12. The molecule has 0 heterocycles. The summed E-state index contributed by atoms with van der Waals surface area (Å²) >= 11 is 0. The van der Waals surface area contributed by atoms with E-state index in [-0.39, 0.29) is 11.8 Å². The molecule has 2 N–H and O–H groups in total. The first-order valence-corrected chi connectivity index (χ1v) is 7.65. The largest absolute Gasteiger partial charge is 0.480 e. The number of rotatable bonds is 4. The Labute approximate surface area is 115 Å². The van der Waals surface area contributed by atoms with E-state index in [1.54, 1.807) is 6.92 Å². The predicted molar refractivity (Wildman–Crippen MR) is 72.6 cm³/mol. The Morgan fingerprint density at radius 1 is 1.16 bits per heavy atom. The standard InChI is InChI=1S/C15H25NO3/c1-2-13(15(18)19)16-14(17)12-8-7-10-5-3-4-6-11(10)9-12/h10-13H,2-9H2,1H3,(H,16,17)(H,18,19)/t10?,11?,12?,13-/m0/s1. The molecule has 2 rings (SSSR count). The summed E-state index contributed by atoms with van der Waals surface area (Å²) in [5.41, 5.74) is 0. The Hall–Kier alpha value is -1.06. The van der Waals surface area contributed by atoms with Crippen LogP contribution < -0.4 is 5.32 Å². The summed E-state index contributed by atoms with van der Waals surface area (Å²) < 4.78 is 0. The van der Waals surface area contributed by atoms with E-state index in [2.05, 4.69) is 5.32 Å². The van der Waals surface area contributed by atoms with Crippen molar-refractivity contribution in [1.82, 2.24) is 5.32 Å². The topological polar surface area (TPSA) is 66.4 Å². The molecule has 0 aromatic rings. The minimum atomic E-state index is -0.929. The van der Waals surface area contributed by atoms with Crippen molar-refractivity contribution in [3.8, 4) is 0 Å². The first kappa shape index (κ1) is 14.4. The number of nitrogens with one attached hydrogen (secondary N) is 1. The monoisotopic (exact) mass is 267 g/mol. The third kappa shape index (κ3) is 3.48. The molecule has 19 heavy (non-hydrogen) atoms. The lowest BCUT2D eigenvalue weighted by Crippen LogP contribution is -2.45. The minimum Gasteiger partial charge on any atom is -0.480 e. The molecule has 0 spiro atoms. The van der Waals surface area contributed by atoms with Gasteiger partial charge < -0.3 is 10.4 Å². The molecule has 0 aliphatic heterocycles. The third-order valence-electron chi connectivity index (χ3n) is 4.93. The van der Waals surface area contributed by atoms with Gasteiger partial charge in [0, 0.05) is 5.92 Å². The Kier molecular flexibility index (Phi) is 4.83. The van der Waals surface area contributed by atoms with Crippen molar-refractivity contribution in [2.45, 2.75) is 64.3 Å². The van der Waals surface area contributed by atoms with Crippen LogP contribution in [0.25, 0.3) is 0 Å². The fraction of sp³-hybridized carbons (Fsp3) is 0.867. The average molecular weight is 267 g/mol. The molecule has 0 bridgehead atoms. The van der Waals surface area contributed by atoms with E-state index in [0.717, 1.165) is 25.2 Å². The first-order chi connectivity index (χ1) is 9.11. The van der Waals surface area contributed by atoms with Crippen LogP contribution in [0.3, 0.4) is 0 Å². The first-order valence-electron chi connectivity index (χ1n) is 7.65. The van der Waals surface area contributed by atoms with Crippen LogP contribution in [0.1, 0.15) is 58.3 Å². The molecule has 2 fully saturated rings. The molecule has 2 saturated carbocycles. The molecule has 0 saturated heterocycles. The SMILES string of the molecule is CC[C@H](NC(=O)C1CCC2CCCCC2C1)C(=O)O. The molecule has 4 heteroatoms. The summed E-state index contributed by atoms with van der Waals surface area (Å²) in [6, 6.07) is -0.725. The van der Waals surface area contributed by atoms with Crippen LogP contribution in [-0.4, -0.2) is 23.0 Å². The highest BCUT2D eigenvalue weighted by atomic mass is 16.4. The number of hydrogen-bond acceptors (Lipinski definition) is 2. The molecule has 0 aromatic heterocycles. The van der Waals surface area contributed by atoms with Gasteiger partial charge in [-0.1, -0.05) is 32.6 Å². The Bertz CT molecular complexity index is 342. The van der Waals surface area contributed by atoms with Gasteiger partial charge in [-0.25, -0.2) is 4.79 Å². The van der Waals surface area contributed by atoms with Gasteiger partial charge >= 0.3 is 5.97 Å². The predicted octanol–water partition coefficient (Wildman–Crippen LogP) is 2.57. The van der Waals surface area contributed by atoms with Gasteiger partial charge in [-0.05, 0) is 37.5 Å². The molecular weight excluding hydrogens is 242 g/mol. The number of carbonyl (C=O) groups excluding carboxylic acids is 1. The molecule has 0 aromatic carbocycles. The molecule has 108 valence electrons. The maximum atomic E-state index is 12.2. The van der Waals surface area contributed by atoms with Gasteiger partial charge in [-0.3, -0.25) is 4.79 Å². The fourth-order valence-electron chi connectivity index (χ4n) is 3.74. The summed E-state index contributed by atoms with van der Waals surface area (Å²) in [5, 5.41) is 11.7. The smallest absolute Gasteiger partial charge is 0.326 e. The third-order valence-corrected chi connectivity index (χ3v) is 4.93. The molecule has 2 aliphatic carbocycles. The average Bonchev–Trinajstić information content (AvgIpc) is 2.43. The molecule has 0 radical (unpaired) electrons. The highest BCUT2D eigenvalue weighted by Gasteiger charge is 2.35. The normalized spacial score (nSPS) is 32.2. The van der Waals surface area contributed by atoms with E-state index in [0.29, 0.717) is 12.3 Å². The second kappa shape index (κ2) is 6.40. The van der Waals surface area contributed by atoms with Crippen LogP contribution in [0.5, 0.6) is 0 Å². The minimum absolute atomic E-state index is 0.0350. The van der Waals surface area contributed by atoms with Crippen molar-refractivity contribution in [2.24, 2.45) is 17.8 Å². The van der Waals surface area contributed by atoms with E-state index in [1.807, 2.05) is 0 Å². The summed E-state index contributed by atoms with van der Waals surface area (Å²) in [5.74, 6) is 0.579. The van der Waals surface area contributed by atoms with Crippen LogP contribution >= 0.6 is 0 Å². The van der Waals surface area contributed by atoms with Crippen molar-refractivity contribution < 1.29 is 14.7 Å².